The lowest BCUT2D eigenvalue weighted by Crippen LogP contribution is -2.55. The Morgan fingerprint density at radius 3 is 2.34 bits per heavy atom. The van der Waals surface area contributed by atoms with E-state index in [9.17, 15) is 9.59 Å². The first-order valence-electron chi connectivity index (χ1n) is 11.3. The molecule has 1 heterocycles. The van der Waals surface area contributed by atoms with Crippen molar-refractivity contribution < 1.29 is 9.59 Å². The molecule has 0 aliphatic rings. The van der Waals surface area contributed by atoms with E-state index in [1.54, 1.807) is 6.20 Å². The summed E-state index contributed by atoms with van der Waals surface area (Å²) in [5.41, 5.74) is 0.816. The number of aromatic nitrogens is 1. The van der Waals surface area contributed by atoms with Crippen molar-refractivity contribution in [2.24, 2.45) is 11.8 Å². The Morgan fingerprint density at radius 2 is 1.79 bits per heavy atom. The maximum absolute atomic E-state index is 13.1. The second-order valence-corrected chi connectivity index (χ2v) is 8.76. The van der Waals surface area contributed by atoms with E-state index in [0.717, 1.165) is 31.4 Å². The van der Waals surface area contributed by atoms with Gasteiger partial charge in [-0.25, -0.2) is 0 Å². The minimum Gasteiger partial charge on any atom is -0.349 e. The lowest BCUT2D eigenvalue weighted by atomic mass is 9.94. The number of amides is 2. The van der Waals surface area contributed by atoms with Crippen LogP contribution in [0.4, 0.5) is 0 Å². The SMILES string of the molecule is CC[C@H](C)[C@@H](C(=O)NCc1ccccn1)N(C(=O)CCCCCC(C)C)C(C)C. The Bertz CT molecular complexity index is 601. The van der Waals surface area contributed by atoms with Crippen LogP contribution in [0.25, 0.3) is 0 Å². The zero-order chi connectivity index (χ0) is 21.8. The molecule has 0 unspecified atom stereocenters. The van der Waals surface area contributed by atoms with Crippen LogP contribution < -0.4 is 5.32 Å². The quantitative estimate of drug-likeness (QED) is 0.474. The monoisotopic (exact) mass is 403 g/mol. The minimum absolute atomic E-state index is 0.0160. The molecular formula is C24H41N3O2. The summed E-state index contributed by atoms with van der Waals surface area (Å²) in [6, 6.07) is 5.18. The van der Waals surface area contributed by atoms with Crippen LogP contribution in [-0.4, -0.2) is 33.8 Å². The van der Waals surface area contributed by atoms with Crippen molar-refractivity contribution in [3.05, 3.63) is 30.1 Å². The first-order valence-corrected chi connectivity index (χ1v) is 11.3. The maximum Gasteiger partial charge on any atom is 0.243 e. The fourth-order valence-electron chi connectivity index (χ4n) is 3.57. The van der Waals surface area contributed by atoms with Gasteiger partial charge in [0, 0.05) is 18.7 Å². The van der Waals surface area contributed by atoms with E-state index in [-0.39, 0.29) is 23.8 Å². The molecule has 0 saturated heterocycles. The first-order chi connectivity index (χ1) is 13.8. The molecule has 5 heteroatoms. The van der Waals surface area contributed by atoms with Gasteiger partial charge in [-0.3, -0.25) is 14.6 Å². The number of unbranched alkanes of at least 4 members (excludes halogenated alkanes) is 2. The number of hydrogen-bond acceptors (Lipinski definition) is 3. The van der Waals surface area contributed by atoms with Crippen molar-refractivity contribution in [3.8, 4) is 0 Å². The molecule has 0 aromatic carbocycles. The molecule has 2 atom stereocenters. The summed E-state index contributed by atoms with van der Waals surface area (Å²) in [6.45, 7) is 12.9. The number of carbonyl (C=O) groups excluding carboxylic acids is 2. The predicted octanol–water partition coefficient (Wildman–Crippen LogP) is 4.96. The third-order valence-electron chi connectivity index (χ3n) is 5.44. The fraction of sp³-hybridized carbons (Fsp3) is 0.708. The van der Waals surface area contributed by atoms with Crippen molar-refractivity contribution in [1.82, 2.24) is 15.2 Å². The second kappa shape index (κ2) is 13.3. The summed E-state index contributed by atoms with van der Waals surface area (Å²) in [7, 11) is 0. The normalized spacial score (nSPS) is 13.4. The van der Waals surface area contributed by atoms with Crippen molar-refractivity contribution in [1.29, 1.82) is 0 Å². The Morgan fingerprint density at radius 1 is 1.07 bits per heavy atom. The predicted molar refractivity (Wildman–Crippen MR) is 119 cm³/mol. The van der Waals surface area contributed by atoms with Gasteiger partial charge in [0.25, 0.3) is 0 Å². The number of nitrogens with zero attached hydrogens (tertiary/aromatic N) is 2. The van der Waals surface area contributed by atoms with Crippen molar-refractivity contribution in [3.63, 3.8) is 0 Å². The van der Waals surface area contributed by atoms with Gasteiger partial charge in [0.1, 0.15) is 6.04 Å². The van der Waals surface area contributed by atoms with Gasteiger partial charge in [0.05, 0.1) is 12.2 Å². The fourth-order valence-corrected chi connectivity index (χ4v) is 3.57. The Balaban J connectivity index is 2.78. The summed E-state index contributed by atoms with van der Waals surface area (Å²) in [6.07, 6.45) is 7.38. The zero-order valence-electron chi connectivity index (χ0n) is 19.3. The average Bonchev–Trinajstić information content (AvgIpc) is 2.69. The van der Waals surface area contributed by atoms with Crippen LogP contribution in [0, 0.1) is 11.8 Å². The summed E-state index contributed by atoms with van der Waals surface area (Å²) in [4.78, 5) is 32.2. The molecule has 164 valence electrons. The van der Waals surface area contributed by atoms with Crippen LogP contribution in [0.1, 0.15) is 85.8 Å². The average molecular weight is 404 g/mol. The molecule has 29 heavy (non-hydrogen) atoms. The number of carbonyl (C=O) groups is 2. The molecule has 0 radical (unpaired) electrons. The second-order valence-electron chi connectivity index (χ2n) is 8.76. The lowest BCUT2D eigenvalue weighted by Gasteiger charge is -2.37. The van der Waals surface area contributed by atoms with Gasteiger partial charge in [-0.05, 0) is 44.2 Å². The topological polar surface area (TPSA) is 62.3 Å². The van der Waals surface area contributed by atoms with Gasteiger partial charge >= 0.3 is 0 Å². The molecule has 0 spiro atoms. The zero-order valence-corrected chi connectivity index (χ0v) is 19.3. The Kier molecular flexibility index (Phi) is 11.6. The van der Waals surface area contributed by atoms with Crippen LogP contribution in [0.2, 0.25) is 0 Å². The van der Waals surface area contributed by atoms with E-state index < -0.39 is 6.04 Å². The van der Waals surface area contributed by atoms with Gasteiger partial charge in [-0.2, -0.15) is 0 Å². The van der Waals surface area contributed by atoms with E-state index in [0.29, 0.717) is 18.9 Å². The van der Waals surface area contributed by atoms with Crippen LogP contribution in [0.3, 0.4) is 0 Å². The molecule has 5 nitrogen and oxygen atoms in total. The summed E-state index contributed by atoms with van der Waals surface area (Å²) < 4.78 is 0. The first kappa shape index (κ1) is 25.1. The standard InChI is InChI=1S/C24H41N3O2/c1-7-20(6)23(24(29)26-17-21-14-11-12-16-25-21)27(19(4)5)22(28)15-10-8-9-13-18(2)3/h11-12,14,16,18-20,23H,7-10,13,15,17H2,1-6H3,(H,26,29)/t20-,23-/m0/s1. The van der Waals surface area contributed by atoms with Crippen LogP contribution in [-0.2, 0) is 16.1 Å². The highest BCUT2D eigenvalue weighted by Crippen LogP contribution is 2.21. The molecule has 0 fully saturated rings. The van der Waals surface area contributed by atoms with E-state index in [4.69, 9.17) is 0 Å². The highest BCUT2D eigenvalue weighted by molar-refractivity contribution is 5.88. The number of hydrogen-bond donors (Lipinski definition) is 1. The molecule has 0 saturated carbocycles. The number of pyridine rings is 1. The Labute approximate surface area is 177 Å². The van der Waals surface area contributed by atoms with Crippen molar-refractivity contribution in [2.45, 2.75) is 98.7 Å². The van der Waals surface area contributed by atoms with E-state index in [2.05, 4.69) is 38.0 Å². The van der Waals surface area contributed by atoms with E-state index >= 15 is 0 Å². The highest BCUT2D eigenvalue weighted by Gasteiger charge is 2.34. The lowest BCUT2D eigenvalue weighted by molar-refractivity contribution is -0.144. The summed E-state index contributed by atoms with van der Waals surface area (Å²) in [5, 5.41) is 3.00. The van der Waals surface area contributed by atoms with Crippen LogP contribution >= 0.6 is 0 Å². The van der Waals surface area contributed by atoms with Gasteiger partial charge in [0.2, 0.25) is 11.8 Å². The van der Waals surface area contributed by atoms with Gasteiger partial charge < -0.3 is 10.2 Å². The molecule has 0 aliphatic carbocycles. The largest absolute Gasteiger partial charge is 0.349 e. The smallest absolute Gasteiger partial charge is 0.243 e. The molecule has 0 bridgehead atoms. The molecular weight excluding hydrogens is 362 g/mol. The third kappa shape index (κ3) is 8.97. The van der Waals surface area contributed by atoms with Crippen molar-refractivity contribution >= 4 is 11.8 Å². The third-order valence-corrected chi connectivity index (χ3v) is 5.44. The maximum atomic E-state index is 13.1. The molecule has 1 N–H and O–H groups in total. The number of rotatable bonds is 13. The van der Waals surface area contributed by atoms with Gasteiger partial charge in [-0.15, -0.1) is 0 Å². The van der Waals surface area contributed by atoms with Crippen LogP contribution in [0.15, 0.2) is 24.4 Å². The molecule has 1 rings (SSSR count). The van der Waals surface area contributed by atoms with Crippen molar-refractivity contribution in [2.75, 3.05) is 0 Å². The van der Waals surface area contributed by atoms with Gasteiger partial charge in [0.15, 0.2) is 0 Å². The molecule has 1 aromatic rings. The summed E-state index contributed by atoms with van der Waals surface area (Å²) in [5.74, 6) is 0.788. The minimum atomic E-state index is -0.452. The van der Waals surface area contributed by atoms with E-state index in [1.807, 2.05) is 36.9 Å². The summed E-state index contributed by atoms with van der Waals surface area (Å²) >= 11 is 0. The Hall–Kier alpha value is -1.91. The highest BCUT2D eigenvalue weighted by atomic mass is 16.2. The van der Waals surface area contributed by atoms with E-state index in [1.165, 1.54) is 6.42 Å². The number of nitrogens with one attached hydrogen (secondary N) is 1. The van der Waals surface area contributed by atoms with Crippen LogP contribution in [0.5, 0.6) is 0 Å². The molecule has 0 aliphatic heterocycles. The molecule has 2 amide bonds. The molecule has 1 aromatic heterocycles. The van der Waals surface area contributed by atoms with Gasteiger partial charge in [-0.1, -0.05) is 59.4 Å².